The van der Waals surface area contributed by atoms with Crippen molar-refractivity contribution in [3.05, 3.63) is 35.9 Å². The van der Waals surface area contributed by atoms with Crippen molar-refractivity contribution in [1.29, 1.82) is 0 Å². The third-order valence-electron chi connectivity index (χ3n) is 3.18. The second-order valence-corrected chi connectivity index (χ2v) is 5.46. The second-order valence-electron chi connectivity index (χ2n) is 4.31. The van der Waals surface area contributed by atoms with Gasteiger partial charge in [-0.15, -0.1) is 0 Å². The lowest BCUT2D eigenvalue weighted by atomic mass is 9.94. The van der Waals surface area contributed by atoms with E-state index in [0.717, 1.165) is 18.8 Å². The molecule has 1 aromatic carbocycles. The van der Waals surface area contributed by atoms with Crippen molar-refractivity contribution >= 4 is 11.8 Å². The van der Waals surface area contributed by atoms with Crippen LogP contribution < -0.4 is 5.73 Å². The lowest BCUT2D eigenvalue weighted by molar-refractivity contribution is 0.440. The van der Waals surface area contributed by atoms with Gasteiger partial charge in [0, 0.05) is 6.04 Å². The SMILES string of the molecule is NC(CCc1ccccc1)C1CCSC1. The Morgan fingerprint density at radius 2 is 2.13 bits per heavy atom. The normalized spacial score (nSPS) is 22.9. The minimum Gasteiger partial charge on any atom is -0.327 e. The van der Waals surface area contributed by atoms with E-state index in [4.69, 9.17) is 5.73 Å². The van der Waals surface area contributed by atoms with E-state index in [1.54, 1.807) is 0 Å². The summed E-state index contributed by atoms with van der Waals surface area (Å²) in [6, 6.07) is 11.1. The zero-order valence-corrected chi connectivity index (χ0v) is 9.88. The van der Waals surface area contributed by atoms with Crippen LogP contribution in [0.3, 0.4) is 0 Å². The average Bonchev–Trinajstić information content (AvgIpc) is 2.81. The molecule has 0 radical (unpaired) electrons. The van der Waals surface area contributed by atoms with Gasteiger partial charge in [0.05, 0.1) is 0 Å². The maximum Gasteiger partial charge on any atom is 0.00785 e. The van der Waals surface area contributed by atoms with Gasteiger partial charge in [-0.3, -0.25) is 0 Å². The lowest BCUT2D eigenvalue weighted by Gasteiger charge is -2.17. The minimum atomic E-state index is 0.403. The Morgan fingerprint density at radius 3 is 2.80 bits per heavy atom. The van der Waals surface area contributed by atoms with Gasteiger partial charge in [-0.05, 0) is 42.2 Å². The number of nitrogens with two attached hydrogens (primary N) is 1. The molecule has 82 valence electrons. The fourth-order valence-electron chi connectivity index (χ4n) is 2.10. The molecule has 1 saturated heterocycles. The van der Waals surface area contributed by atoms with Gasteiger partial charge in [-0.2, -0.15) is 11.8 Å². The highest BCUT2D eigenvalue weighted by atomic mass is 32.2. The molecule has 1 nitrogen and oxygen atoms in total. The van der Waals surface area contributed by atoms with Crippen LogP contribution in [0.1, 0.15) is 18.4 Å². The molecule has 15 heavy (non-hydrogen) atoms. The summed E-state index contributed by atoms with van der Waals surface area (Å²) in [6.07, 6.45) is 3.58. The van der Waals surface area contributed by atoms with Crippen molar-refractivity contribution in [2.24, 2.45) is 11.7 Å². The molecular formula is C13H19NS. The van der Waals surface area contributed by atoms with E-state index in [9.17, 15) is 0 Å². The molecule has 1 aliphatic rings. The van der Waals surface area contributed by atoms with Crippen molar-refractivity contribution < 1.29 is 0 Å². The minimum absolute atomic E-state index is 0.403. The summed E-state index contributed by atoms with van der Waals surface area (Å²) in [5.41, 5.74) is 7.63. The van der Waals surface area contributed by atoms with Crippen molar-refractivity contribution in [2.75, 3.05) is 11.5 Å². The van der Waals surface area contributed by atoms with Gasteiger partial charge < -0.3 is 5.73 Å². The van der Waals surface area contributed by atoms with Gasteiger partial charge in [-0.25, -0.2) is 0 Å². The number of rotatable bonds is 4. The Balaban J connectivity index is 1.77. The van der Waals surface area contributed by atoms with Gasteiger partial charge in [0.2, 0.25) is 0 Å². The van der Waals surface area contributed by atoms with Crippen LogP contribution in [0.15, 0.2) is 30.3 Å². The molecule has 2 unspecified atom stereocenters. The molecule has 0 saturated carbocycles. The summed E-state index contributed by atoms with van der Waals surface area (Å²) in [5.74, 6) is 3.35. The summed E-state index contributed by atoms with van der Waals surface area (Å²) in [7, 11) is 0. The number of benzene rings is 1. The number of hydrogen-bond acceptors (Lipinski definition) is 2. The highest BCUT2D eigenvalue weighted by molar-refractivity contribution is 7.99. The molecule has 1 fully saturated rings. The lowest BCUT2D eigenvalue weighted by Crippen LogP contribution is -2.30. The maximum atomic E-state index is 6.21. The first-order valence-corrected chi connectivity index (χ1v) is 6.89. The van der Waals surface area contributed by atoms with Gasteiger partial charge >= 0.3 is 0 Å². The standard InChI is InChI=1S/C13H19NS/c14-13(12-8-9-15-10-12)7-6-11-4-2-1-3-5-11/h1-5,12-13H,6-10,14H2. The van der Waals surface area contributed by atoms with Gasteiger partial charge in [0.15, 0.2) is 0 Å². The fourth-order valence-corrected chi connectivity index (χ4v) is 3.46. The maximum absolute atomic E-state index is 6.21. The molecule has 0 bridgehead atoms. The van der Waals surface area contributed by atoms with Crippen LogP contribution in [0.25, 0.3) is 0 Å². The Labute approximate surface area is 96.4 Å². The first-order chi connectivity index (χ1) is 7.36. The topological polar surface area (TPSA) is 26.0 Å². The molecule has 0 aromatic heterocycles. The van der Waals surface area contributed by atoms with Crippen molar-refractivity contribution in [2.45, 2.75) is 25.3 Å². The Hall–Kier alpha value is -0.470. The summed E-state index contributed by atoms with van der Waals surface area (Å²) in [4.78, 5) is 0. The quantitative estimate of drug-likeness (QED) is 0.846. The summed E-state index contributed by atoms with van der Waals surface area (Å²) >= 11 is 2.05. The molecule has 1 aromatic rings. The predicted octanol–water partition coefficient (Wildman–Crippen LogP) is 2.70. The van der Waals surface area contributed by atoms with Crippen LogP contribution in [0.4, 0.5) is 0 Å². The Morgan fingerprint density at radius 1 is 1.33 bits per heavy atom. The molecule has 1 aliphatic heterocycles. The third kappa shape index (κ3) is 3.25. The first kappa shape index (κ1) is 11.0. The zero-order valence-electron chi connectivity index (χ0n) is 9.06. The molecule has 2 N–H and O–H groups in total. The molecular weight excluding hydrogens is 202 g/mol. The fraction of sp³-hybridized carbons (Fsp3) is 0.538. The third-order valence-corrected chi connectivity index (χ3v) is 4.37. The van der Waals surface area contributed by atoms with Gasteiger partial charge in [0.25, 0.3) is 0 Å². The highest BCUT2D eigenvalue weighted by Crippen LogP contribution is 2.27. The van der Waals surface area contributed by atoms with Crippen LogP contribution in [-0.2, 0) is 6.42 Å². The smallest absolute Gasteiger partial charge is 0.00785 e. The summed E-state index contributed by atoms with van der Waals surface area (Å²) in [5, 5.41) is 0. The Bertz CT molecular complexity index is 280. The predicted molar refractivity (Wildman–Crippen MR) is 68.2 cm³/mol. The number of thioether (sulfide) groups is 1. The van der Waals surface area contributed by atoms with Gasteiger partial charge in [0.1, 0.15) is 0 Å². The molecule has 1 heterocycles. The van der Waals surface area contributed by atoms with Gasteiger partial charge in [-0.1, -0.05) is 30.3 Å². The van der Waals surface area contributed by atoms with Crippen LogP contribution >= 0.6 is 11.8 Å². The average molecular weight is 221 g/mol. The molecule has 2 heteroatoms. The summed E-state index contributed by atoms with van der Waals surface area (Å²) < 4.78 is 0. The van der Waals surface area contributed by atoms with E-state index in [0.29, 0.717) is 6.04 Å². The molecule has 0 spiro atoms. The largest absolute Gasteiger partial charge is 0.327 e. The van der Waals surface area contributed by atoms with E-state index in [2.05, 4.69) is 42.1 Å². The van der Waals surface area contributed by atoms with Crippen molar-refractivity contribution in [3.8, 4) is 0 Å². The molecule has 0 aliphatic carbocycles. The molecule has 2 rings (SSSR count). The molecule has 2 atom stereocenters. The van der Waals surface area contributed by atoms with Crippen LogP contribution in [0, 0.1) is 5.92 Å². The van der Waals surface area contributed by atoms with E-state index < -0.39 is 0 Å². The Kier molecular flexibility index (Phi) is 4.09. The van der Waals surface area contributed by atoms with Crippen molar-refractivity contribution in [3.63, 3.8) is 0 Å². The summed E-state index contributed by atoms with van der Waals surface area (Å²) in [6.45, 7) is 0. The number of aryl methyl sites for hydroxylation is 1. The highest BCUT2D eigenvalue weighted by Gasteiger charge is 2.21. The van der Waals surface area contributed by atoms with Crippen LogP contribution in [-0.4, -0.2) is 17.5 Å². The van der Waals surface area contributed by atoms with E-state index in [-0.39, 0.29) is 0 Å². The molecule has 0 amide bonds. The number of hydrogen-bond donors (Lipinski definition) is 1. The van der Waals surface area contributed by atoms with E-state index in [1.165, 1.54) is 23.5 Å². The van der Waals surface area contributed by atoms with Crippen LogP contribution in [0.5, 0.6) is 0 Å². The zero-order chi connectivity index (χ0) is 10.5. The van der Waals surface area contributed by atoms with E-state index >= 15 is 0 Å². The monoisotopic (exact) mass is 221 g/mol. The van der Waals surface area contributed by atoms with Crippen molar-refractivity contribution in [1.82, 2.24) is 0 Å². The second kappa shape index (κ2) is 5.57. The van der Waals surface area contributed by atoms with E-state index in [1.807, 2.05) is 0 Å². The van der Waals surface area contributed by atoms with Crippen LogP contribution in [0.2, 0.25) is 0 Å². The first-order valence-electron chi connectivity index (χ1n) is 5.73.